The third-order valence-electron chi connectivity index (χ3n) is 8.94. The molecule has 1 heterocycles. The van der Waals surface area contributed by atoms with Crippen molar-refractivity contribution in [1.82, 2.24) is 4.90 Å². The van der Waals surface area contributed by atoms with E-state index in [1.807, 2.05) is 0 Å². The maximum Gasteiger partial charge on any atom is 0.303 e. The van der Waals surface area contributed by atoms with Gasteiger partial charge in [0.15, 0.2) is 21.1 Å². The normalized spacial score (nSPS) is 12.8. The molecule has 0 fully saturated rings. The number of amides is 1. The lowest BCUT2D eigenvalue weighted by molar-refractivity contribution is -0.137. The highest BCUT2D eigenvalue weighted by molar-refractivity contribution is 7.86. The molecule has 1 aliphatic heterocycles. The number of hydrogen-bond acceptors (Lipinski definition) is 13. The number of fused-ring (bicyclic) bond motifs is 2. The Balaban J connectivity index is 1.72. The van der Waals surface area contributed by atoms with Gasteiger partial charge in [-0.15, -0.1) is 0 Å². The van der Waals surface area contributed by atoms with Crippen molar-refractivity contribution in [1.29, 1.82) is 0 Å². The van der Waals surface area contributed by atoms with E-state index in [-0.39, 0.29) is 58.4 Å². The third kappa shape index (κ3) is 9.22. The summed E-state index contributed by atoms with van der Waals surface area (Å²) in [6.07, 6.45) is -0.158. The van der Waals surface area contributed by atoms with E-state index in [0.717, 1.165) is 54.6 Å². The van der Waals surface area contributed by atoms with Crippen molar-refractivity contribution in [2.24, 2.45) is 4.99 Å². The number of rotatable bonds is 13. The second-order valence-electron chi connectivity index (χ2n) is 13.0. The van der Waals surface area contributed by atoms with Gasteiger partial charge in [0.05, 0.1) is 26.5 Å². The van der Waals surface area contributed by atoms with Gasteiger partial charge < -0.3 is 19.7 Å². The number of benzene rings is 5. The summed E-state index contributed by atoms with van der Waals surface area (Å²) in [4.78, 5) is 27.6. The van der Waals surface area contributed by atoms with Gasteiger partial charge in [0, 0.05) is 47.8 Å². The molecule has 0 radical (unpaired) electrons. The van der Waals surface area contributed by atoms with Crippen LogP contribution in [0.25, 0.3) is 33.4 Å². The first-order valence-corrected chi connectivity index (χ1v) is 22.8. The first-order chi connectivity index (χ1) is 27.9. The second kappa shape index (κ2) is 16.2. The van der Waals surface area contributed by atoms with Crippen molar-refractivity contribution < 1.29 is 71.0 Å². The molecule has 2 aliphatic rings. The number of carbonyl (C=O) groups excluding carboxylic acids is 1. The van der Waals surface area contributed by atoms with Crippen molar-refractivity contribution in [3.8, 4) is 22.5 Å². The predicted molar refractivity (Wildman–Crippen MR) is 213 cm³/mol. The van der Waals surface area contributed by atoms with Crippen LogP contribution in [-0.2, 0) is 45.3 Å². The Morgan fingerprint density at radius 1 is 0.683 bits per heavy atom. The number of carboxylic acids is 1. The van der Waals surface area contributed by atoms with Crippen molar-refractivity contribution in [2.45, 2.75) is 32.4 Å². The van der Waals surface area contributed by atoms with E-state index in [2.05, 4.69) is 10.3 Å². The van der Waals surface area contributed by atoms with Crippen LogP contribution < -0.4 is 10.7 Å². The summed E-state index contributed by atoms with van der Waals surface area (Å²) in [6.45, 7) is 0.00121. The molecule has 0 atom stereocenters. The van der Waals surface area contributed by atoms with Crippen LogP contribution in [0.15, 0.2) is 126 Å². The molecule has 4 aromatic carbocycles. The van der Waals surface area contributed by atoms with Crippen LogP contribution in [0.4, 0.5) is 17.1 Å². The minimum atomic E-state index is -5.40. The quantitative estimate of drug-likeness (QED) is 0.0648. The standard InChI is InChI=1S/C37H31N3O16S4/c1-40(20-4-7-31(41)42)37(43)26-6-3-2-5-25(26)32-27-16-18-29(38-21-8-12-23(13-9-21)57(44,45)46)35(59(50,51)52)33(27)56-34-28(32)17-19-30(36(34)60(53,54)55)39-22-10-14-24(15-11-22)58(47,48)49/h2-3,5-6,8-19,38H,4,7,20H2,1H3,(H,41,42)(H,44,45,46)(H,47,48,49)(H,50,51,52)(H,53,54,55). The Bertz CT molecular complexity index is 3200. The minimum Gasteiger partial charge on any atom is -0.481 e. The molecular weight excluding hydrogens is 871 g/mol. The van der Waals surface area contributed by atoms with Gasteiger partial charge in [-0.1, -0.05) is 18.2 Å². The van der Waals surface area contributed by atoms with Gasteiger partial charge in [0.25, 0.3) is 46.4 Å². The zero-order valence-electron chi connectivity index (χ0n) is 30.6. The Labute approximate surface area is 341 Å². The van der Waals surface area contributed by atoms with E-state index < -0.39 is 94.3 Å². The van der Waals surface area contributed by atoms with Gasteiger partial charge >= 0.3 is 5.97 Å². The van der Waals surface area contributed by atoms with Gasteiger partial charge in [-0.25, -0.2) is 4.99 Å². The van der Waals surface area contributed by atoms with E-state index >= 15 is 0 Å². The fourth-order valence-corrected chi connectivity index (χ4v) is 8.81. The van der Waals surface area contributed by atoms with Crippen molar-refractivity contribution in [2.75, 3.05) is 18.9 Å². The summed E-state index contributed by atoms with van der Waals surface area (Å²) in [6, 6.07) is 19.3. The minimum absolute atomic E-state index is 0.00121. The summed E-state index contributed by atoms with van der Waals surface area (Å²) < 4.78 is 146. The van der Waals surface area contributed by atoms with Gasteiger partial charge in [0.1, 0.15) is 0 Å². The summed E-state index contributed by atoms with van der Waals surface area (Å²) in [7, 11) is -18.6. The van der Waals surface area contributed by atoms with Gasteiger partial charge in [-0.2, -0.15) is 33.7 Å². The maximum absolute atomic E-state index is 14.0. The average molecular weight is 902 g/mol. The molecule has 6 N–H and O–H groups in total. The van der Waals surface area contributed by atoms with E-state index in [4.69, 9.17) is 9.52 Å². The molecule has 0 unspecified atom stereocenters. The Hall–Kier alpha value is -6.05. The average Bonchev–Trinajstić information content (AvgIpc) is 3.15. The number of anilines is 2. The fraction of sp³-hybridized carbons (Fsp3) is 0.108. The second-order valence-corrected chi connectivity index (χ2v) is 18.6. The molecular formula is C37H31N3O16S4. The zero-order valence-corrected chi connectivity index (χ0v) is 33.9. The lowest BCUT2D eigenvalue weighted by Gasteiger charge is -2.23. The number of nitrogens with zero attached hydrogens (tertiary/aromatic N) is 2. The lowest BCUT2D eigenvalue weighted by atomic mass is 9.90. The monoisotopic (exact) mass is 901 g/mol. The third-order valence-corrected chi connectivity index (χ3v) is 12.5. The van der Waals surface area contributed by atoms with Crippen molar-refractivity contribution in [3.63, 3.8) is 0 Å². The fourth-order valence-electron chi connectivity index (χ4n) is 6.30. The molecule has 6 rings (SSSR count). The highest BCUT2D eigenvalue weighted by atomic mass is 32.2. The summed E-state index contributed by atoms with van der Waals surface area (Å²) in [5.41, 5.74) is -1.29. The Morgan fingerprint density at radius 2 is 1.27 bits per heavy atom. The molecule has 0 aromatic heterocycles. The Morgan fingerprint density at radius 3 is 1.83 bits per heavy atom. The molecule has 4 aromatic rings. The number of nitrogens with one attached hydrogen (secondary N) is 1. The number of carbonyl (C=O) groups is 2. The smallest absolute Gasteiger partial charge is 0.303 e. The van der Waals surface area contributed by atoms with E-state index in [1.54, 1.807) is 0 Å². The first-order valence-electron chi connectivity index (χ1n) is 17.0. The molecule has 0 saturated heterocycles. The van der Waals surface area contributed by atoms with Gasteiger partial charge in [0.2, 0.25) is 0 Å². The topological polar surface area (TPSA) is 313 Å². The molecule has 23 heteroatoms. The molecule has 0 saturated carbocycles. The van der Waals surface area contributed by atoms with Crippen LogP contribution in [0.5, 0.6) is 0 Å². The SMILES string of the molecule is CN(CCCC(=O)O)C(=O)c1ccccc1-c1c2ccc(=Nc3ccc(S(=O)(=O)O)cc3)c(S(=O)(=O)O)c-2oc2c(S(=O)(=O)O)c(Nc3ccc(S(=O)(=O)O)cc3)ccc12. The van der Waals surface area contributed by atoms with Crippen LogP contribution in [-0.4, -0.2) is 87.4 Å². The Kier molecular flexibility index (Phi) is 11.7. The van der Waals surface area contributed by atoms with Crippen LogP contribution in [0, 0.1) is 0 Å². The number of carboxylic acid groups (broad SMARTS) is 1. The zero-order chi connectivity index (χ0) is 43.9. The van der Waals surface area contributed by atoms with Gasteiger partial charge in [-0.3, -0.25) is 27.8 Å². The molecule has 60 heavy (non-hydrogen) atoms. The van der Waals surface area contributed by atoms with Crippen LogP contribution in [0.3, 0.4) is 0 Å². The summed E-state index contributed by atoms with van der Waals surface area (Å²) in [5.74, 6) is -2.45. The summed E-state index contributed by atoms with van der Waals surface area (Å²) in [5, 5.41) is 11.2. The highest BCUT2D eigenvalue weighted by Crippen LogP contribution is 2.46. The van der Waals surface area contributed by atoms with E-state index in [1.165, 1.54) is 54.4 Å². The van der Waals surface area contributed by atoms with E-state index in [0.29, 0.717) is 0 Å². The number of hydrogen-bond donors (Lipinski definition) is 6. The molecule has 1 amide bonds. The highest BCUT2D eigenvalue weighted by Gasteiger charge is 2.33. The molecule has 314 valence electrons. The molecule has 1 aliphatic carbocycles. The van der Waals surface area contributed by atoms with E-state index in [9.17, 15) is 61.5 Å². The van der Waals surface area contributed by atoms with Crippen LogP contribution in [0.1, 0.15) is 23.2 Å². The maximum atomic E-state index is 14.0. The van der Waals surface area contributed by atoms with Gasteiger partial charge in [-0.05, 0) is 90.8 Å². The largest absolute Gasteiger partial charge is 0.481 e. The van der Waals surface area contributed by atoms with Crippen LogP contribution in [0.2, 0.25) is 0 Å². The summed E-state index contributed by atoms with van der Waals surface area (Å²) >= 11 is 0. The van der Waals surface area contributed by atoms with Crippen molar-refractivity contribution >= 4 is 80.4 Å². The number of aliphatic carboxylic acids is 1. The van der Waals surface area contributed by atoms with Crippen molar-refractivity contribution in [3.05, 3.63) is 108 Å². The molecule has 19 nitrogen and oxygen atoms in total. The van der Waals surface area contributed by atoms with Crippen LogP contribution >= 0.6 is 0 Å². The first kappa shape index (κ1) is 43.5. The predicted octanol–water partition coefficient (Wildman–Crippen LogP) is 5.10. The molecule has 0 bridgehead atoms. The lowest BCUT2D eigenvalue weighted by Crippen LogP contribution is -2.28. The molecule has 0 spiro atoms.